The zero-order valence-electron chi connectivity index (χ0n) is 10.2. The lowest BCUT2D eigenvalue weighted by atomic mass is 10.2. The van der Waals surface area contributed by atoms with E-state index in [0.29, 0.717) is 0 Å². The molecule has 2 fully saturated rings. The van der Waals surface area contributed by atoms with Crippen molar-refractivity contribution in [2.45, 2.75) is 25.4 Å². The van der Waals surface area contributed by atoms with Crippen LogP contribution in [0.5, 0.6) is 0 Å². The molecule has 0 aromatic carbocycles. The maximum absolute atomic E-state index is 5.92. The second-order valence-electron chi connectivity index (χ2n) is 5.08. The van der Waals surface area contributed by atoms with Gasteiger partial charge in [0.1, 0.15) is 0 Å². The molecule has 17 heavy (non-hydrogen) atoms. The van der Waals surface area contributed by atoms with Crippen molar-refractivity contribution in [3.8, 4) is 0 Å². The first kappa shape index (κ1) is 11.0. The van der Waals surface area contributed by atoms with Crippen LogP contribution < -0.4 is 5.73 Å². The average molecular weight is 232 g/mol. The Morgan fingerprint density at radius 1 is 1.24 bits per heavy atom. The van der Waals surface area contributed by atoms with E-state index in [1.54, 1.807) is 0 Å². The molecule has 0 bridgehead atoms. The Morgan fingerprint density at radius 2 is 2.00 bits per heavy atom. The van der Waals surface area contributed by atoms with E-state index in [4.69, 9.17) is 5.73 Å². The van der Waals surface area contributed by atoms with E-state index in [1.807, 2.05) is 18.3 Å². The van der Waals surface area contributed by atoms with E-state index in [9.17, 15) is 0 Å². The fourth-order valence-electron chi connectivity index (χ4n) is 2.52. The average Bonchev–Trinajstić information content (AvgIpc) is 3.17. The molecule has 4 heteroatoms. The highest BCUT2D eigenvalue weighted by Crippen LogP contribution is 2.27. The normalized spacial score (nSPS) is 22.8. The quantitative estimate of drug-likeness (QED) is 0.842. The number of nitrogens with zero attached hydrogens (tertiary/aromatic N) is 3. The van der Waals surface area contributed by atoms with Crippen molar-refractivity contribution in [1.82, 2.24) is 14.8 Å². The van der Waals surface area contributed by atoms with Gasteiger partial charge in [0, 0.05) is 45.0 Å². The molecule has 2 aliphatic rings. The van der Waals surface area contributed by atoms with Gasteiger partial charge < -0.3 is 5.73 Å². The lowest BCUT2D eigenvalue weighted by Crippen LogP contribution is -2.46. The summed E-state index contributed by atoms with van der Waals surface area (Å²) in [4.78, 5) is 9.44. The third-order valence-corrected chi connectivity index (χ3v) is 3.77. The molecule has 1 saturated carbocycles. The first-order valence-corrected chi connectivity index (χ1v) is 6.49. The molecule has 0 atom stereocenters. The van der Waals surface area contributed by atoms with Crippen molar-refractivity contribution < 1.29 is 0 Å². The van der Waals surface area contributed by atoms with Crippen LogP contribution in [0.3, 0.4) is 0 Å². The molecule has 4 nitrogen and oxygen atoms in total. The zero-order chi connectivity index (χ0) is 11.7. The number of hydrogen-bond acceptors (Lipinski definition) is 4. The molecule has 0 radical (unpaired) electrons. The van der Waals surface area contributed by atoms with Crippen LogP contribution in [0.4, 0.5) is 5.69 Å². The van der Waals surface area contributed by atoms with Crippen LogP contribution in [0.25, 0.3) is 0 Å². The molecule has 0 spiro atoms. The van der Waals surface area contributed by atoms with Crippen molar-refractivity contribution in [2.24, 2.45) is 0 Å². The molecule has 1 aromatic rings. The third kappa shape index (κ3) is 2.58. The van der Waals surface area contributed by atoms with E-state index in [0.717, 1.165) is 37.1 Å². The maximum Gasteiger partial charge on any atom is 0.0772 e. The monoisotopic (exact) mass is 232 g/mol. The first-order valence-electron chi connectivity index (χ1n) is 6.49. The molecular formula is C13H20N4. The minimum absolute atomic E-state index is 0.817. The number of rotatable bonds is 3. The summed E-state index contributed by atoms with van der Waals surface area (Å²) in [6.07, 6.45) is 4.65. The van der Waals surface area contributed by atoms with E-state index >= 15 is 0 Å². The van der Waals surface area contributed by atoms with Gasteiger partial charge in [-0.25, -0.2) is 0 Å². The first-order chi connectivity index (χ1) is 8.33. The molecule has 1 saturated heterocycles. The number of nitrogens with two attached hydrogens (primary N) is 1. The summed E-state index contributed by atoms with van der Waals surface area (Å²) < 4.78 is 0. The second kappa shape index (κ2) is 4.63. The lowest BCUT2D eigenvalue weighted by molar-refractivity contribution is 0.120. The van der Waals surface area contributed by atoms with Crippen molar-refractivity contribution >= 4 is 5.69 Å². The summed E-state index contributed by atoms with van der Waals surface area (Å²) in [6.45, 7) is 5.60. The van der Waals surface area contributed by atoms with Gasteiger partial charge in [-0.05, 0) is 25.0 Å². The Hall–Kier alpha value is -1.13. The van der Waals surface area contributed by atoms with Crippen molar-refractivity contribution in [1.29, 1.82) is 0 Å². The largest absolute Gasteiger partial charge is 0.397 e. The molecular weight excluding hydrogens is 212 g/mol. The molecule has 0 unspecified atom stereocenters. The highest BCUT2D eigenvalue weighted by Gasteiger charge is 2.31. The van der Waals surface area contributed by atoms with Gasteiger partial charge in [-0.2, -0.15) is 0 Å². The number of piperazine rings is 1. The predicted molar refractivity (Wildman–Crippen MR) is 68.5 cm³/mol. The summed E-state index contributed by atoms with van der Waals surface area (Å²) in [7, 11) is 0. The van der Waals surface area contributed by atoms with Crippen LogP contribution in [0.15, 0.2) is 18.3 Å². The van der Waals surface area contributed by atoms with E-state index < -0.39 is 0 Å². The highest BCUT2D eigenvalue weighted by atomic mass is 15.3. The van der Waals surface area contributed by atoms with E-state index in [2.05, 4.69) is 14.8 Å². The van der Waals surface area contributed by atoms with Gasteiger partial charge in [0.25, 0.3) is 0 Å². The summed E-state index contributed by atoms with van der Waals surface area (Å²) in [5.74, 6) is 0. The molecule has 1 aliphatic carbocycles. The minimum atomic E-state index is 0.817. The van der Waals surface area contributed by atoms with Gasteiger partial charge in [0.2, 0.25) is 0 Å². The molecule has 0 amide bonds. The fraction of sp³-hybridized carbons (Fsp3) is 0.615. The molecule has 1 aliphatic heterocycles. The molecule has 3 rings (SSSR count). The maximum atomic E-state index is 5.92. The van der Waals surface area contributed by atoms with Crippen molar-refractivity contribution in [3.05, 3.63) is 24.0 Å². The molecule has 2 heterocycles. The van der Waals surface area contributed by atoms with Crippen LogP contribution in [0.2, 0.25) is 0 Å². The van der Waals surface area contributed by atoms with Crippen LogP contribution in [0, 0.1) is 0 Å². The van der Waals surface area contributed by atoms with Gasteiger partial charge in [0.15, 0.2) is 0 Å². The van der Waals surface area contributed by atoms with E-state index in [1.165, 1.54) is 25.9 Å². The topological polar surface area (TPSA) is 45.4 Å². The minimum Gasteiger partial charge on any atom is -0.397 e. The van der Waals surface area contributed by atoms with Crippen molar-refractivity contribution in [2.75, 3.05) is 31.9 Å². The van der Waals surface area contributed by atoms with Crippen LogP contribution in [0.1, 0.15) is 18.5 Å². The van der Waals surface area contributed by atoms with Gasteiger partial charge in [0.05, 0.1) is 11.4 Å². The van der Waals surface area contributed by atoms with Gasteiger partial charge in [-0.15, -0.1) is 0 Å². The summed E-state index contributed by atoms with van der Waals surface area (Å²) in [5, 5.41) is 0. The number of anilines is 1. The number of pyridine rings is 1. The highest BCUT2D eigenvalue weighted by molar-refractivity contribution is 5.41. The number of hydrogen-bond donors (Lipinski definition) is 1. The molecule has 1 aromatic heterocycles. The van der Waals surface area contributed by atoms with Gasteiger partial charge in [-0.3, -0.25) is 14.8 Å². The Morgan fingerprint density at radius 3 is 2.65 bits per heavy atom. The smallest absolute Gasteiger partial charge is 0.0772 e. The van der Waals surface area contributed by atoms with Crippen LogP contribution in [-0.4, -0.2) is 47.0 Å². The van der Waals surface area contributed by atoms with Crippen LogP contribution >= 0.6 is 0 Å². The van der Waals surface area contributed by atoms with Crippen molar-refractivity contribution in [3.63, 3.8) is 0 Å². The fourth-order valence-corrected chi connectivity index (χ4v) is 2.52. The number of aromatic nitrogens is 1. The van der Waals surface area contributed by atoms with Gasteiger partial charge in [-0.1, -0.05) is 0 Å². The SMILES string of the molecule is Nc1cccnc1CN1CCN(C2CC2)CC1. The number of nitrogen functional groups attached to an aromatic ring is 1. The second-order valence-corrected chi connectivity index (χ2v) is 5.08. The Kier molecular flexibility index (Phi) is 2.99. The third-order valence-electron chi connectivity index (χ3n) is 3.77. The summed E-state index contributed by atoms with van der Waals surface area (Å²) in [6, 6.07) is 4.73. The lowest BCUT2D eigenvalue weighted by Gasteiger charge is -2.34. The predicted octanol–water partition coefficient (Wildman–Crippen LogP) is 0.944. The van der Waals surface area contributed by atoms with Crippen LogP contribution in [-0.2, 0) is 6.54 Å². The van der Waals surface area contributed by atoms with Gasteiger partial charge >= 0.3 is 0 Å². The summed E-state index contributed by atoms with van der Waals surface area (Å²) >= 11 is 0. The Bertz CT molecular complexity index is 381. The molecule has 92 valence electrons. The zero-order valence-corrected chi connectivity index (χ0v) is 10.2. The standard InChI is InChI=1S/C13H20N4/c14-12-2-1-5-15-13(12)10-16-6-8-17(9-7-16)11-3-4-11/h1-2,5,11H,3-4,6-10,14H2. The summed E-state index contributed by atoms with van der Waals surface area (Å²) in [5.41, 5.74) is 7.76. The molecule has 2 N–H and O–H groups in total. The Balaban J connectivity index is 1.55. The van der Waals surface area contributed by atoms with E-state index in [-0.39, 0.29) is 0 Å². The Labute approximate surface area is 102 Å².